The van der Waals surface area contributed by atoms with E-state index in [4.69, 9.17) is 0 Å². The van der Waals surface area contributed by atoms with Crippen molar-refractivity contribution in [3.05, 3.63) is 46.9 Å². The van der Waals surface area contributed by atoms with Gasteiger partial charge >= 0.3 is 0 Å². The average molecular weight is 276 g/mol. The van der Waals surface area contributed by atoms with Gasteiger partial charge in [0.1, 0.15) is 0 Å². The molecule has 0 aliphatic carbocycles. The molecule has 0 bridgehead atoms. The second kappa shape index (κ2) is 6.65. The standard InChI is InChI=1S/C14H20N4S/c1-4-18-11-12(9-16-18)8-15-10-13(17(2)3)14-6-5-7-19-14/h4-7,9,11,13,15H,1,8,10H2,2-3H3. The van der Waals surface area contributed by atoms with Crippen molar-refractivity contribution >= 4 is 17.5 Å². The molecule has 102 valence electrons. The number of hydrogen-bond acceptors (Lipinski definition) is 4. The summed E-state index contributed by atoms with van der Waals surface area (Å²) >= 11 is 1.80. The van der Waals surface area contributed by atoms with Gasteiger partial charge < -0.3 is 10.2 Å². The van der Waals surface area contributed by atoms with Gasteiger partial charge in [-0.25, -0.2) is 4.68 Å². The predicted octanol–water partition coefficient (Wildman–Crippen LogP) is 2.44. The van der Waals surface area contributed by atoms with Crippen LogP contribution in [0.1, 0.15) is 16.5 Å². The third kappa shape index (κ3) is 3.76. The number of nitrogens with one attached hydrogen (secondary N) is 1. The van der Waals surface area contributed by atoms with Crippen LogP contribution < -0.4 is 5.32 Å². The molecule has 4 nitrogen and oxygen atoms in total. The molecule has 0 saturated carbocycles. The minimum absolute atomic E-state index is 0.412. The molecule has 19 heavy (non-hydrogen) atoms. The van der Waals surface area contributed by atoms with E-state index in [1.54, 1.807) is 22.2 Å². The summed E-state index contributed by atoms with van der Waals surface area (Å²) in [5.41, 5.74) is 1.17. The molecule has 5 heteroatoms. The Morgan fingerprint density at radius 3 is 3.00 bits per heavy atom. The number of hydrogen-bond donors (Lipinski definition) is 1. The fourth-order valence-electron chi connectivity index (χ4n) is 1.94. The number of aromatic nitrogens is 2. The summed E-state index contributed by atoms with van der Waals surface area (Å²) in [4.78, 5) is 3.63. The van der Waals surface area contributed by atoms with Crippen molar-refractivity contribution in [3.8, 4) is 0 Å². The second-order valence-electron chi connectivity index (χ2n) is 4.64. The third-order valence-corrected chi connectivity index (χ3v) is 3.98. The Morgan fingerprint density at radius 2 is 2.42 bits per heavy atom. The monoisotopic (exact) mass is 276 g/mol. The number of rotatable bonds is 7. The molecule has 0 aliphatic rings. The van der Waals surface area contributed by atoms with E-state index in [9.17, 15) is 0 Å². The van der Waals surface area contributed by atoms with Crippen LogP contribution in [0.15, 0.2) is 36.5 Å². The van der Waals surface area contributed by atoms with Gasteiger partial charge in [-0.05, 0) is 25.5 Å². The molecular weight excluding hydrogens is 256 g/mol. The molecule has 0 aliphatic heterocycles. The predicted molar refractivity (Wildman–Crippen MR) is 81.1 cm³/mol. The maximum atomic E-state index is 4.17. The molecule has 0 spiro atoms. The summed E-state index contributed by atoms with van der Waals surface area (Å²) in [6.45, 7) is 5.43. The van der Waals surface area contributed by atoms with Crippen molar-refractivity contribution in [2.75, 3.05) is 20.6 Å². The van der Waals surface area contributed by atoms with Crippen molar-refractivity contribution in [1.29, 1.82) is 0 Å². The van der Waals surface area contributed by atoms with Crippen molar-refractivity contribution in [2.45, 2.75) is 12.6 Å². The fourth-order valence-corrected chi connectivity index (χ4v) is 2.86. The molecule has 2 heterocycles. The molecule has 1 atom stereocenters. The lowest BCUT2D eigenvalue weighted by molar-refractivity contribution is 0.292. The van der Waals surface area contributed by atoms with Crippen molar-refractivity contribution in [3.63, 3.8) is 0 Å². The van der Waals surface area contributed by atoms with Crippen LogP contribution in [-0.4, -0.2) is 35.3 Å². The largest absolute Gasteiger partial charge is 0.311 e. The molecule has 0 saturated heterocycles. The van der Waals surface area contributed by atoms with Crippen LogP contribution >= 0.6 is 11.3 Å². The maximum absolute atomic E-state index is 4.17. The van der Waals surface area contributed by atoms with Crippen LogP contribution in [0, 0.1) is 0 Å². The first-order valence-electron chi connectivity index (χ1n) is 6.27. The fraction of sp³-hybridized carbons (Fsp3) is 0.357. The summed E-state index contributed by atoms with van der Waals surface area (Å²) in [6.07, 6.45) is 5.54. The van der Waals surface area contributed by atoms with Gasteiger partial charge in [0, 0.05) is 35.9 Å². The van der Waals surface area contributed by atoms with Gasteiger partial charge in [-0.15, -0.1) is 11.3 Å². The summed E-state index contributed by atoms with van der Waals surface area (Å²) < 4.78 is 1.72. The zero-order chi connectivity index (χ0) is 13.7. The highest BCUT2D eigenvalue weighted by Crippen LogP contribution is 2.22. The van der Waals surface area contributed by atoms with Crippen LogP contribution in [0.5, 0.6) is 0 Å². The van der Waals surface area contributed by atoms with Crippen molar-refractivity contribution in [2.24, 2.45) is 0 Å². The smallest absolute Gasteiger partial charge is 0.0561 e. The average Bonchev–Trinajstić information content (AvgIpc) is 3.05. The zero-order valence-electron chi connectivity index (χ0n) is 11.4. The first-order chi connectivity index (χ1) is 9.20. The van der Waals surface area contributed by atoms with Crippen LogP contribution in [-0.2, 0) is 6.54 Å². The SMILES string of the molecule is C=Cn1cc(CNCC(c2cccs2)N(C)C)cn1. The zero-order valence-corrected chi connectivity index (χ0v) is 12.2. The Hall–Kier alpha value is -1.43. The van der Waals surface area contributed by atoms with Gasteiger partial charge in [0.15, 0.2) is 0 Å². The van der Waals surface area contributed by atoms with E-state index in [1.165, 1.54) is 10.4 Å². The third-order valence-electron chi connectivity index (χ3n) is 3.00. The van der Waals surface area contributed by atoms with E-state index >= 15 is 0 Å². The topological polar surface area (TPSA) is 33.1 Å². The van der Waals surface area contributed by atoms with E-state index in [2.05, 4.69) is 53.5 Å². The summed E-state index contributed by atoms with van der Waals surface area (Å²) in [5.74, 6) is 0. The first kappa shape index (κ1) is 14.0. The molecule has 1 N–H and O–H groups in total. The van der Waals surface area contributed by atoms with Crippen LogP contribution in [0.2, 0.25) is 0 Å². The van der Waals surface area contributed by atoms with Gasteiger partial charge in [-0.1, -0.05) is 12.6 Å². The molecule has 2 rings (SSSR count). The summed E-state index contributed by atoms with van der Waals surface area (Å²) in [6, 6.07) is 4.70. The van der Waals surface area contributed by atoms with E-state index in [-0.39, 0.29) is 0 Å². The molecule has 2 aromatic heterocycles. The lowest BCUT2D eigenvalue weighted by Gasteiger charge is -2.23. The highest BCUT2D eigenvalue weighted by molar-refractivity contribution is 7.10. The summed E-state index contributed by atoms with van der Waals surface area (Å²) in [5, 5.41) is 9.78. The molecule has 1 unspecified atom stereocenters. The Bertz CT molecular complexity index is 501. The Morgan fingerprint density at radius 1 is 1.58 bits per heavy atom. The van der Waals surface area contributed by atoms with Gasteiger partial charge in [0.05, 0.1) is 12.2 Å². The number of thiophene rings is 1. The van der Waals surface area contributed by atoms with E-state index in [1.807, 2.05) is 12.4 Å². The Balaban J connectivity index is 1.87. The minimum atomic E-state index is 0.412. The van der Waals surface area contributed by atoms with Crippen molar-refractivity contribution in [1.82, 2.24) is 20.0 Å². The molecule has 0 amide bonds. The van der Waals surface area contributed by atoms with Gasteiger partial charge in [0.25, 0.3) is 0 Å². The molecule has 0 aromatic carbocycles. The number of likely N-dealkylation sites (N-methyl/N-ethyl adjacent to an activating group) is 1. The highest BCUT2D eigenvalue weighted by atomic mass is 32.1. The lowest BCUT2D eigenvalue weighted by Crippen LogP contribution is -2.30. The maximum Gasteiger partial charge on any atom is 0.0561 e. The lowest BCUT2D eigenvalue weighted by atomic mass is 10.2. The Labute approximate surface area is 118 Å². The van der Waals surface area contributed by atoms with Gasteiger partial charge in [-0.2, -0.15) is 5.10 Å². The molecule has 2 aromatic rings. The van der Waals surface area contributed by atoms with E-state index in [0.29, 0.717) is 6.04 Å². The second-order valence-corrected chi connectivity index (χ2v) is 5.62. The quantitative estimate of drug-likeness (QED) is 0.843. The molecular formula is C14H20N4S. The molecule has 0 fully saturated rings. The first-order valence-corrected chi connectivity index (χ1v) is 7.15. The highest BCUT2D eigenvalue weighted by Gasteiger charge is 2.14. The Kier molecular flexibility index (Phi) is 4.90. The van der Waals surface area contributed by atoms with Crippen LogP contribution in [0.3, 0.4) is 0 Å². The number of nitrogens with zero attached hydrogens (tertiary/aromatic N) is 3. The minimum Gasteiger partial charge on any atom is -0.311 e. The van der Waals surface area contributed by atoms with Crippen LogP contribution in [0.4, 0.5) is 0 Å². The normalized spacial score (nSPS) is 12.8. The molecule has 0 radical (unpaired) electrons. The van der Waals surface area contributed by atoms with Crippen LogP contribution in [0.25, 0.3) is 6.20 Å². The van der Waals surface area contributed by atoms with Gasteiger partial charge in [0.2, 0.25) is 0 Å². The summed E-state index contributed by atoms with van der Waals surface area (Å²) in [7, 11) is 4.23. The van der Waals surface area contributed by atoms with E-state index < -0.39 is 0 Å². The van der Waals surface area contributed by atoms with E-state index in [0.717, 1.165) is 13.1 Å². The van der Waals surface area contributed by atoms with Gasteiger partial charge in [-0.3, -0.25) is 0 Å². The van der Waals surface area contributed by atoms with Crippen molar-refractivity contribution < 1.29 is 0 Å².